The number of nitriles is 1. The van der Waals surface area contributed by atoms with Gasteiger partial charge < -0.3 is 10.6 Å². The van der Waals surface area contributed by atoms with Crippen LogP contribution in [-0.2, 0) is 15.1 Å². The zero-order valence-corrected chi connectivity index (χ0v) is 16.4. The molecule has 2 aromatic carbocycles. The van der Waals surface area contributed by atoms with Crippen LogP contribution in [0.4, 0.5) is 4.79 Å². The van der Waals surface area contributed by atoms with Crippen molar-refractivity contribution < 1.29 is 14.4 Å². The summed E-state index contributed by atoms with van der Waals surface area (Å²) in [5, 5.41) is 16.7. The number of nitrogens with one attached hydrogen (secondary N) is 2. The van der Waals surface area contributed by atoms with Crippen LogP contribution in [-0.4, -0.2) is 34.8 Å². The molecule has 2 aliphatic rings. The maximum absolute atomic E-state index is 13.2. The molecule has 0 spiro atoms. The van der Waals surface area contributed by atoms with Crippen LogP contribution < -0.4 is 10.6 Å². The molecule has 0 radical (unpaired) electrons. The molecule has 0 unspecified atom stereocenters. The molecule has 0 aromatic heterocycles. The van der Waals surface area contributed by atoms with E-state index >= 15 is 0 Å². The van der Waals surface area contributed by atoms with Crippen molar-refractivity contribution in [2.45, 2.75) is 37.8 Å². The predicted octanol–water partition coefficient (Wildman–Crippen LogP) is 2.42. The highest BCUT2D eigenvalue weighted by atomic mass is 16.2. The van der Waals surface area contributed by atoms with Crippen LogP contribution in [0.5, 0.6) is 0 Å². The molecule has 1 saturated heterocycles. The number of fused-ring (bicyclic) bond motifs is 1. The van der Waals surface area contributed by atoms with E-state index in [1.807, 2.05) is 42.5 Å². The maximum atomic E-state index is 13.2. The predicted molar refractivity (Wildman–Crippen MR) is 106 cm³/mol. The fraction of sp³-hybridized carbons (Fsp3) is 0.364. The molecule has 2 N–H and O–H groups in total. The van der Waals surface area contributed by atoms with Crippen molar-refractivity contribution >= 4 is 28.6 Å². The van der Waals surface area contributed by atoms with E-state index in [0.29, 0.717) is 5.56 Å². The molecule has 0 bridgehead atoms. The summed E-state index contributed by atoms with van der Waals surface area (Å²) in [7, 11) is 0. The SMILES string of the molecule is C[C@@]1(c2cccc3ccccc23)NC(=O)N(CC(=O)N[C@@](C)(C#N)C2CC2)C1=O. The lowest BCUT2D eigenvalue weighted by atomic mass is 9.88. The Bertz CT molecular complexity index is 1070. The number of amides is 4. The second kappa shape index (κ2) is 6.59. The van der Waals surface area contributed by atoms with Crippen LogP contribution in [0.25, 0.3) is 10.8 Å². The Morgan fingerprint density at radius 3 is 2.66 bits per heavy atom. The molecule has 7 heteroatoms. The molecule has 4 rings (SSSR count). The second-order valence-corrected chi connectivity index (χ2v) is 8.11. The van der Waals surface area contributed by atoms with Gasteiger partial charge in [0, 0.05) is 0 Å². The highest BCUT2D eigenvalue weighted by Crippen LogP contribution is 2.39. The number of hydrogen-bond donors (Lipinski definition) is 2. The van der Waals surface area contributed by atoms with Crippen LogP contribution >= 0.6 is 0 Å². The van der Waals surface area contributed by atoms with Crippen molar-refractivity contribution in [2.75, 3.05) is 6.54 Å². The first-order valence-electron chi connectivity index (χ1n) is 9.63. The number of carbonyl (C=O) groups is 3. The summed E-state index contributed by atoms with van der Waals surface area (Å²) >= 11 is 0. The average Bonchev–Trinajstić information content (AvgIpc) is 3.53. The number of rotatable bonds is 5. The van der Waals surface area contributed by atoms with Crippen LogP contribution in [0.1, 0.15) is 32.3 Å². The topological polar surface area (TPSA) is 102 Å². The lowest BCUT2D eigenvalue weighted by Crippen LogP contribution is -2.51. The Morgan fingerprint density at radius 2 is 1.97 bits per heavy atom. The van der Waals surface area contributed by atoms with E-state index in [-0.39, 0.29) is 5.92 Å². The minimum absolute atomic E-state index is 0.112. The van der Waals surface area contributed by atoms with Crippen molar-refractivity contribution in [3.63, 3.8) is 0 Å². The molecule has 29 heavy (non-hydrogen) atoms. The number of benzene rings is 2. The molecular weight excluding hydrogens is 368 g/mol. The Labute approximate surface area is 168 Å². The summed E-state index contributed by atoms with van der Waals surface area (Å²) in [5.41, 5.74) is -1.57. The van der Waals surface area contributed by atoms with Gasteiger partial charge in [0.25, 0.3) is 5.91 Å². The van der Waals surface area contributed by atoms with Gasteiger partial charge in [-0.05, 0) is 48.9 Å². The number of nitrogens with zero attached hydrogens (tertiary/aromatic N) is 2. The molecule has 7 nitrogen and oxygen atoms in total. The van der Waals surface area contributed by atoms with Crippen LogP contribution in [0, 0.1) is 17.2 Å². The van der Waals surface area contributed by atoms with Crippen LogP contribution in [0.3, 0.4) is 0 Å². The molecule has 1 aliphatic carbocycles. The standard InChI is InChI=1S/C22H22N4O3/c1-21(13-23,15-10-11-15)24-18(27)12-26-19(28)22(2,25-20(26)29)17-9-5-7-14-6-3-4-8-16(14)17/h3-9,15H,10-12H2,1-2H3,(H,24,27)(H,25,29)/t21-,22-/m0/s1. The van der Waals surface area contributed by atoms with Crippen molar-refractivity contribution in [1.29, 1.82) is 5.26 Å². The van der Waals surface area contributed by atoms with Gasteiger partial charge >= 0.3 is 6.03 Å². The van der Waals surface area contributed by atoms with Gasteiger partial charge in [-0.3, -0.25) is 14.5 Å². The molecule has 1 heterocycles. The highest BCUT2D eigenvalue weighted by molar-refractivity contribution is 6.10. The molecule has 2 aromatic rings. The minimum atomic E-state index is -1.27. The van der Waals surface area contributed by atoms with Gasteiger partial charge in [-0.15, -0.1) is 0 Å². The first kappa shape index (κ1) is 18.9. The number of hydrogen-bond acceptors (Lipinski definition) is 4. The monoisotopic (exact) mass is 390 g/mol. The molecule has 1 saturated carbocycles. The third-order valence-corrected chi connectivity index (χ3v) is 5.93. The zero-order chi connectivity index (χ0) is 20.8. The molecular formula is C22H22N4O3. The first-order valence-corrected chi connectivity index (χ1v) is 9.63. The van der Waals surface area contributed by atoms with Crippen LogP contribution in [0.15, 0.2) is 42.5 Å². The van der Waals surface area contributed by atoms with Crippen molar-refractivity contribution in [3.05, 3.63) is 48.0 Å². The third kappa shape index (κ3) is 3.11. The summed E-state index contributed by atoms with van der Waals surface area (Å²) < 4.78 is 0. The second-order valence-electron chi connectivity index (χ2n) is 8.11. The summed E-state index contributed by atoms with van der Waals surface area (Å²) in [5.74, 6) is -0.897. The first-order chi connectivity index (χ1) is 13.8. The fourth-order valence-electron chi connectivity index (χ4n) is 4.04. The number of imide groups is 1. The third-order valence-electron chi connectivity index (χ3n) is 5.93. The Hall–Kier alpha value is -3.40. The number of carbonyl (C=O) groups excluding carboxylic acids is 3. The smallest absolute Gasteiger partial charge is 0.325 e. The summed E-state index contributed by atoms with van der Waals surface area (Å²) in [6.07, 6.45) is 1.76. The van der Waals surface area contributed by atoms with Gasteiger partial charge in [-0.25, -0.2) is 4.79 Å². The highest BCUT2D eigenvalue weighted by Gasteiger charge is 2.51. The molecule has 4 amide bonds. The van der Waals surface area contributed by atoms with E-state index < -0.39 is 35.5 Å². The Balaban J connectivity index is 1.58. The van der Waals surface area contributed by atoms with E-state index in [0.717, 1.165) is 28.5 Å². The average molecular weight is 390 g/mol. The molecule has 1 aliphatic heterocycles. The van der Waals surface area contributed by atoms with Gasteiger partial charge in [-0.2, -0.15) is 5.26 Å². The largest absolute Gasteiger partial charge is 0.336 e. The van der Waals surface area contributed by atoms with E-state index in [9.17, 15) is 19.6 Å². The van der Waals surface area contributed by atoms with E-state index in [1.54, 1.807) is 13.8 Å². The lowest BCUT2D eigenvalue weighted by Gasteiger charge is -2.25. The van der Waals surface area contributed by atoms with Crippen molar-refractivity contribution in [2.24, 2.45) is 5.92 Å². The van der Waals surface area contributed by atoms with Crippen LogP contribution in [0.2, 0.25) is 0 Å². The normalized spacial score (nSPS) is 23.4. The zero-order valence-electron chi connectivity index (χ0n) is 16.4. The molecule has 2 atom stereocenters. The summed E-state index contributed by atoms with van der Waals surface area (Å²) in [4.78, 5) is 39.2. The summed E-state index contributed by atoms with van der Waals surface area (Å²) in [6, 6.07) is 14.7. The van der Waals surface area contributed by atoms with Gasteiger partial charge in [0.05, 0.1) is 6.07 Å². The van der Waals surface area contributed by atoms with E-state index in [4.69, 9.17) is 0 Å². The van der Waals surface area contributed by atoms with Gasteiger partial charge in [0.1, 0.15) is 17.6 Å². The van der Waals surface area contributed by atoms with E-state index in [2.05, 4.69) is 16.7 Å². The Kier molecular flexibility index (Phi) is 4.30. The number of urea groups is 1. The molecule has 148 valence electrons. The quantitative estimate of drug-likeness (QED) is 0.766. The van der Waals surface area contributed by atoms with E-state index in [1.165, 1.54) is 0 Å². The Morgan fingerprint density at radius 1 is 1.28 bits per heavy atom. The summed E-state index contributed by atoms with van der Waals surface area (Å²) in [6.45, 7) is 2.90. The van der Waals surface area contributed by atoms with Crippen molar-refractivity contribution in [3.8, 4) is 6.07 Å². The van der Waals surface area contributed by atoms with Gasteiger partial charge in [0.15, 0.2) is 0 Å². The van der Waals surface area contributed by atoms with Crippen molar-refractivity contribution in [1.82, 2.24) is 15.5 Å². The minimum Gasteiger partial charge on any atom is -0.336 e. The van der Waals surface area contributed by atoms with Gasteiger partial charge in [0.2, 0.25) is 5.91 Å². The maximum Gasteiger partial charge on any atom is 0.325 e. The molecule has 2 fully saturated rings. The fourth-order valence-corrected chi connectivity index (χ4v) is 4.04. The lowest BCUT2D eigenvalue weighted by molar-refractivity contribution is -0.135. The van der Waals surface area contributed by atoms with Gasteiger partial charge in [-0.1, -0.05) is 42.5 Å².